The van der Waals surface area contributed by atoms with Gasteiger partial charge < -0.3 is 24.6 Å². The van der Waals surface area contributed by atoms with Gasteiger partial charge in [0.1, 0.15) is 12.2 Å². The maximum Gasteiger partial charge on any atom is 0.323 e. The molecule has 3 N–H and O–H groups in total. The van der Waals surface area contributed by atoms with Crippen LogP contribution in [-0.4, -0.2) is 41.9 Å². The molecule has 1 aromatic carbocycles. The average Bonchev–Trinajstić information content (AvgIpc) is 3.06. The number of rotatable bonds is 8. The molecule has 0 bridgehead atoms. The Bertz CT molecular complexity index is 930. The second kappa shape index (κ2) is 8.67. The van der Waals surface area contributed by atoms with Crippen molar-refractivity contribution in [1.82, 2.24) is 9.88 Å². The highest BCUT2D eigenvalue weighted by molar-refractivity contribution is 5.77. The molecule has 2 unspecified atom stereocenters. The van der Waals surface area contributed by atoms with Gasteiger partial charge in [-0.3, -0.25) is 14.9 Å². The molecule has 0 fully saturated rings. The fourth-order valence-electron chi connectivity index (χ4n) is 3.72. The lowest BCUT2D eigenvalue weighted by molar-refractivity contribution is -0.140. The van der Waals surface area contributed by atoms with E-state index in [4.69, 9.17) is 4.74 Å². The lowest BCUT2D eigenvalue weighted by atomic mass is 10.1. The molecular weight excluding hydrogens is 372 g/mol. The number of aromatic nitrogens is 1. The molecular formula is C21H28N4O4. The summed E-state index contributed by atoms with van der Waals surface area (Å²) in [5.41, 5.74) is 4.78. The highest BCUT2D eigenvalue weighted by Crippen LogP contribution is 2.41. The lowest BCUT2D eigenvalue weighted by Crippen LogP contribution is -2.39. The summed E-state index contributed by atoms with van der Waals surface area (Å²) in [6, 6.07) is 7.25. The molecule has 8 nitrogen and oxygen atoms in total. The van der Waals surface area contributed by atoms with Crippen LogP contribution < -0.4 is 21.1 Å². The molecule has 0 aliphatic carbocycles. The molecule has 1 aliphatic rings. The minimum atomic E-state index is -0.937. The van der Waals surface area contributed by atoms with Gasteiger partial charge in [-0.15, -0.1) is 0 Å². The topological polar surface area (TPSA) is 95.8 Å². The highest BCUT2D eigenvalue weighted by Gasteiger charge is 2.29. The fraction of sp³-hybridized carbons (Fsp3) is 0.429. The van der Waals surface area contributed by atoms with Crippen LogP contribution >= 0.6 is 0 Å². The van der Waals surface area contributed by atoms with Crippen molar-refractivity contribution in [2.24, 2.45) is 7.05 Å². The summed E-state index contributed by atoms with van der Waals surface area (Å²) in [4.78, 5) is 25.6. The molecule has 2 aromatic rings. The Morgan fingerprint density at radius 2 is 2.14 bits per heavy atom. The van der Waals surface area contributed by atoms with E-state index in [-0.39, 0.29) is 18.3 Å². The van der Waals surface area contributed by atoms with Gasteiger partial charge in [-0.2, -0.15) is 0 Å². The van der Waals surface area contributed by atoms with Crippen LogP contribution in [0.2, 0.25) is 0 Å². The number of aryl methyl sites for hydroxylation is 2. The summed E-state index contributed by atoms with van der Waals surface area (Å²) in [5, 5.41) is 15.8. The number of ether oxygens (including phenoxy) is 1. The van der Waals surface area contributed by atoms with Crippen LogP contribution in [-0.2, 0) is 23.1 Å². The van der Waals surface area contributed by atoms with E-state index in [9.17, 15) is 14.7 Å². The van der Waals surface area contributed by atoms with E-state index in [0.717, 1.165) is 29.0 Å². The van der Waals surface area contributed by atoms with Gasteiger partial charge in [0.05, 0.1) is 18.0 Å². The number of carboxylic acids is 1. The van der Waals surface area contributed by atoms with Crippen LogP contribution in [0.5, 0.6) is 0 Å². The zero-order chi connectivity index (χ0) is 21.1. The first-order chi connectivity index (χ1) is 13.8. The number of aliphatic carboxylic acids is 1. The normalized spacial score (nSPS) is 16.4. The molecule has 0 saturated carbocycles. The molecule has 8 heteroatoms. The SMILES string of the molecule is CCN1c2ccc(CNC(COC)C(=O)O)cc2NC1c1cc(C)c(=O)n(C)c1. The Hall–Kier alpha value is -2.84. The van der Waals surface area contributed by atoms with Gasteiger partial charge in [-0.05, 0) is 37.6 Å². The minimum Gasteiger partial charge on any atom is -0.480 e. The fourth-order valence-corrected chi connectivity index (χ4v) is 3.72. The Morgan fingerprint density at radius 1 is 1.38 bits per heavy atom. The molecule has 0 radical (unpaired) electrons. The van der Waals surface area contributed by atoms with Crippen molar-refractivity contribution >= 4 is 17.3 Å². The number of pyridine rings is 1. The minimum absolute atomic E-state index is 0.00436. The number of benzene rings is 1. The van der Waals surface area contributed by atoms with E-state index in [0.29, 0.717) is 12.1 Å². The number of nitrogens with one attached hydrogen (secondary N) is 2. The lowest BCUT2D eigenvalue weighted by Gasteiger charge is -2.26. The summed E-state index contributed by atoms with van der Waals surface area (Å²) in [6.07, 6.45) is 1.80. The number of methoxy groups -OCH3 is 1. The second-order valence-corrected chi connectivity index (χ2v) is 7.28. The third kappa shape index (κ3) is 4.28. The maximum atomic E-state index is 12.0. The van der Waals surface area contributed by atoms with Gasteiger partial charge >= 0.3 is 5.97 Å². The summed E-state index contributed by atoms with van der Waals surface area (Å²) in [6.45, 7) is 5.25. The van der Waals surface area contributed by atoms with E-state index in [1.54, 1.807) is 11.6 Å². The Balaban J connectivity index is 1.82. The Labute approximate surface area is 170 Å². The smallest absolute Gasteiger partial charge is 0.323 e. The monoisotopic (exact) mass is 400 g/mol. The predicted molar refractivity (Wildman–Crippen MR) is 112 cm³/mol. The number of carboxylic acid groups (broad SMARTS) is 1. The van der Waals surface area contributed by atoms with Gasteiger partial charge in [-0.1, -0.05) is 6.07 Å². The van der Waals surface area contributed by atoms with Crippen LogP contribution in [0.1, 0.15) is 29.8 Å². The summed E-state index contributed by atoms with van der Waals surface area (Å²) in [7, 11) is 3.25. The van der Waals surface area contributed by atoms with Crippen LogP contribution in [0.15, 0.2) is 35.3 Å². The van der Waals surface area contributed by atoms with Crippen molar-refractivity contribution in [3.8, 4) is 0 Å². The van der Waals surface area contributed by atoms with Crippen molar-refractivity contribution in [2.75, 3.05) is 30.5 Å². The van der Waals surface area contributed by atoms with Gasteiger partial charge in [0.25, 0.3) is 5.56 Å². The van der Waals surface area contributed by atoms with E-state index < -0.39 is 12.0 Å². The molecule has 0 amide bonds. The van der Waals surface area contributed by atoms with Crippen molar-refractivity contribution in [3.63, 3.8) is 0 Å². The van der Waals surface area contributed by atoms with Crippen LogP contribution in [0, 0.1) is 6.92 Å². The molecule has 1 aromatic heterocycles. The van der Waals surface area contributed by atoms with E-state index in [1.807, 2.05) is 37.4 Å². The molecule has 2 heterocycles. The van der Waals surface area contributed by atoms with Crippen LogP contribution in [0.3, 0.4) is 0 Å². The molecule has 156 valence electrons. The number of nitrogens with zero attached hydrogens (tertiary/aromatic N) is 2. The molecule has 1 aliphatic heterocycles. The van der Waals surface area contributed by atoms with E-state index in [1.165, 1.54) is 7.11 Å². The van der Waals surface area contributed by atoms with E-state index >= 15 is 0 Å². The largest absolute Gasteiger partial charge is 0.480 e. The zero-order valence-corrected chi connectivity index (χ0v) is 17.2. The third-order valence-corrected chi connectivity index (χ3v) is 5.20. The summed E-state index contributed by atoms with van der Waals surface area (Å²) < 4.78 is 6.57. The Morgan fingerprint density at radius 3 is 2.76 bits per heavy atom. The highest BCUT2D eigenvalue weighted by atomic mass is 16.5. The van der Waals surface area contributed by atoms with Gasteiger partial charge in [0, 0.05) is 44.6 Å². The molecule has 0 saturated heterocycles. The van der Waals surface area contributed by atoms with Gasteiger partial charge in [0.15, 0.2) is 0 Å². The average molecular weight is 400 g/mol. The predicted octanol–water partition coefficient (Wildman–Crippen LogP) is 1.83. The molecule has 3 rings (SSSR count). The number of fused-ring (bicyclic) bond motifs is 1. The summed E-state index contributed by atoms with van der Waals surface area (Å²) >= 11 is 0. The second-order valence-electron chi connectivity index (χ2n) is 7.28. The van der Waals surface area contributed by atoms with Gasteiger partial charge in [-0.25, -0.2) is 0 Å². The standard InChI is InChI=1S/C21H28N4O4/c1-5-25-18-7-6-14(10-22-17(12-29-4)21(27)28)9-16(18)23-19(25)15-8-13(2)20(26)24(3)11-15/h6-9,11,17,19,22-23H,5,10,12H2,1-4H3,(H,27,28). The number of hydrogen-bond acceptors (Lipinski definition) is 6. The summed E-state index contributed by atoms with van der Waals surface area (Å²) in [5.74, 6) is -0.937. The van der Waals surface area contributed by atoms with Crippen molar-refractivity contribution in [3.05, 3.63) is 57.5 Å². The molecule has 29 heavy (non-hydrogen) atoms. The first kappa shape index (κ1) is 20.9. The maximum absolute atomic E-state index is 12.0. The van der Waals surface area contributed by atoms with Gasteiger partial charge in [0.2, 0.25) is 0 Å². The molecule has 2 atom stereocenters. The first-order valence-corrected chi connectivity index (χ1v) is 9.64. The van der Waals surface area contributed by atoms with Crippen molar-refractivity contribution < 1.29 is 14.6 Å². The van der Waals surface area contributed by atoms with Crippen LogP contribution in [0.4, 0.5) is 11.4 Å². The Kier molecular flexibility index (Phi) is 6.24. The number of carbonyl (C=O) groups is 1. The first-order valence-electron chi connectivity index (χ1n) is 9.64. The van der Waals surface area contributed by atoms with Crippen LogP contribution in [0.25, 0.3) is 0 Å². The van der Waals surface area contributed by atoms with Crippen molar-refractivity contribution in [2.45, 2.75) is 32.6 Å². The third-order valence-electron chi connectivity index (χ3n) is 5.20. The number of hydrogen-bond donors (Lipinski definition) is 3. The quantitative estimate of drug-likeness (QED) is 0.622. The molecule has 0 spiro atoms. The van der Waals surface area contributed by atoms with Crippen molar-refractivity contribution in [1.29, 1.82) is 0 Å². The number of anilines is 2. The van der Waals surface area contributed by atoms with E-state index in [2.05, 4.69) is 22.5 Å². The zero-order valence-electron chi connectivity index (χ0n) is 17.2.